The number of benzene rings is 1. The van der Waals surface area contributed by atoms with E-state index in [-0.39, 0.29) is 0 Å². The van der Waals surface area contributed by atoms with Crippen molar-refractivity contribution in [3.05, 3.63) is 48.2 Å². The molecular weight excluding hydrogens is 420 g/mol. The fraction of sp³-hybridized carbons (Fsp3) is 0.643. The van der Waals surface area contributed by atoms with Gasteiger partial charge in [-0.15, -0.1) is 0 Å². The average molecular weight is 463 g/mol. The predicted molar refractivity (Wildman–Crippen MR) is 141 cm³/mol. The van der Waals surface area contributed by atoms with Gasteiger partial charge in [0, 0.05) is 44.5 Å². The normalized spacial score (nSPS) is 23.5. The second kappa shape index (κ2) is 12.0. The summed E-state index contributed by atoms with van der Waals surface area (Å²) in [6, 6.07) is 14.2. The van der Waals surface area contributed by atoms with Crippen LogP contribution in [0.15, 0.2) is 42.6 Å². The molecule has 5 rings (SSSR count). The third-order valence-electron chi connectivity index (χ3n) is 7.99. The third-order valence-corrected chi connectivity index (χ3v) is 7.99. The number of likely N-dealkylation sites (tertiary alicyclic amines) is 2. The van der Waals surface area contributed by atoms with Gasteiger partial charge in [-0.2, -0.15) is 4.98 Å². The Labute approximate surface area is 205 Å². The molecule has 3 aliphatic heterocycles. The number of piperidine rings is 2. The van der Waals surface area contributed by atoms with E-state index in [4.69, 9.17) is 4.98 Å². The van der Waals surface area contributed by atoms with E-state index in [1.807, 2.05) is 6.20 Å². The Morgan fingerprint density at radius 3 is 2.41 bits per heavy atom. The average Bonchev–Trinajstić information content (AvgIpc) is 3.19. The van der Waals surface area contributed by atoms with E-state index >= 15 is 0 Å². The first-order chi connectivity index (χ1) is 16.8. The zero-order valence-corrected chi connectivity index (χ0v) is 20.7. The Morgan fingerprint density at radius 1 is 0.824 bits per heavy atom. The van der Waals surface area contributed by atoms with E-state index in [0.29, 0.717) is 6.04 Å². The zero-order valence-electron chi connectivity index (χ0n) is 20.7. The minimum atomic E-state index is 0.448. The second-order valence-corrected chi connectivity index (χ2v) is 10.4. The maximum Gasteiger partial charge on any atom is 0.224 e. The van der Waals surface area contributed by atoms with Crippen molar-refractivity contribution in [1.82, 2.24) is 19.8 Å². The lowest BCUT2D eigenvalue weighted by molar-refractivity contribution is 0.0888. The van der Waals surface area contributed by atoms with E-state index in [9.17, 15) is 0 Å². The van der Waals surface area contributed by atoms with Crippen LogP contribution < -0.4 is 10.2 Å². The highest BCUT2D eigenvalue weighted by molar-refractivity contribution is 5.43. The topological polar surface area (TPSA) is 47.5 Å². The molecule has 6 heteroatoms. The molecule has 1 N–H and O–H groups in total. The molecule has 2 aromatic rings. The Bertz CT molecular complexity index is 858. The molecule has 34 heavy (non-hydrogen) atoms. The van der Waals surface area contributed by atoms with Gasteiger partial charge in [0.1, 0.15) is 5.82 Å². The summed E-state index contributed by atoms with van der Waals surface area (Å²) in [6.07, 6.45) is 13.4. The van der Waals surface area contributed by atoms with Crippen LogP contribution in [0.1, 0.15) is 56.9 Å². The number of hydrogen-bond acceptors (Lipinski definition) is 6. The summed E-state index contributed by atoms with van der Waals surface area (Å²) in [6.45, 7) is 8.24. The van der Waals surface area contributed by atoms with Gasteiger partial charge in [0.25, 0.3) is 0 Å². The van der Waals surface area contributed by atoms with Crippen LogP contribution in [0, 0.1) is 0 Å². The summed E-state index contributed by atoms with van der Waals surface area (Å²) in [4.78, 5) is 17.3. The Hall–Kier alpha value is -2.18. The van der Waals surface area contributed by atoms with E-state index in [0.717, 1.165) is 43.9 Å². The van der Waals surface area contributed by atoms with E-state index in [2.05, 4.69) is 61.4 Å². The maximum absolute atomic E-state index is 4.90. The van der Waals surface area contributed by atoms with Gasteiger partial charge >= 0.3 is 0 Å². The molecule has 0 aliphatic carbocycles. The highest BCUT2D eigenvalue weighted by Crippen LogP contribution is 2.23. The minimum absolute atomic E-state index is 0.448. The van der Waals surface area contributed by atoms with Gasteiger partial charge in [-0.25, -0.2) is 4.98 Å². The number of nitrogens with zero attached hydrogens (tertiary/aromatic N) is 5. The molecule has 0 spiro atoms. The van der Waals surface area contributed by atoms with Crippen LogP contribution in [0.25, 0.3) is 0 Å². The van der Waals surface area contributed by atoms with E-state index in [1.165, 1.54) is 83.1 Å². The standard InChI is InChI=1S/C28H42N6/c1-2-7-18-33(17-6-1)27-12-16-29-28(31-27)30-25-11-8-19-34(23-25)26-14-21-32(22-15-26)20-13-24-9-4-3-5-10-24/h3-5,9-10,12,16,25-26H,1-2,6-8,11,13-15,17-23H2,(H,29,30,31). The molecule has 0 saturated carbocycles. The fourth-order valence-electron chi connectivity index (χ4n) is 5.97. The van der Waals surface area contributed by atoms with Crippen molar-refractivity contribution in [2.45, 2.75) is 69.9 Å². The summed E-state index contributed by atoms with van der Waals surface area (Å²) in [5, 5.41) is 3.69. The molecule has 4 heterocycles. The molecule has 3 aliphatic rings. The quantitative estimate of drug-likeness (QED) is 0.656. The number of anilines is 2. The van der Waals surface area contributed by atoms with Crippen molar-refractivity contribution in [3.63, 3.8) is 0 Å². The molecule has 3 fully saturated rings. The summed E-state index contributed by atoms with van der Waals surface area (Å²) >= 11 is 0. The minimum Gasteiger partial charge on any atom is -0.356 e. The van der Waals surface area contributed by atoms with Gasteiger partial charge in [0.05, 0.1) is 0 Å². The monoisotopic (exact) mass is 462 g/mol. The summed E-state index contributed by atoms with van der Waals surface area (Å²) in [7, 11) is 0. The van der Waals surface area contributed by atoms with Gasteiger partial charge in [-0.1, -0.05) is 43.2 Å². The molecular formula is C28H42N6. The molecule has 6 nitrogen and oxygen atoms in total. The SMILES string of the molecule is c1ccc(CCN2CCC(N3CCCC(Nc4nccc(N5CCCCCC5)n4)C3)CC2)cc1. The molecule has 0 amide bonds. The molecule has 184 valence electrons. The van der Waals surface area contributed by atoms with Crippen molar-refractivity contribution < 1.29 is 0 Å². The van der Waals surface area contributed by atoms with Crippen molar-refractivity contribution in [2.24, 2.45) is 0 Å². The van der Waals surface area contributed by atoms with Crippen LogP contribution in [0.5, 0.6) is 0 Å². The zero-order chi connectivity index (χ0) is 23.0. The van der Waals surface area contributed by atoms with E-state index < -0.39 is 0 Å². The maximum atomic E-state index is 4.90. The molecule has 1 aromatic carbocycles. The fourth-order valence-corrected chi connectivity index (χ4v) is 5.97. The van der Waals surface area contributed by atoms with Crippen molar-refractivity contribution in [2.75, 3.05) is 56.0 Å². The van der Waals surface area contributed by atoms with Gasteiger partial charge in [0.15, 0.2) is 0 Å². The van der Waals surface area contributed by atoms with Crippen molar-refractivity contribution in [1.29, 1.82) is 0 Å². The first kappa shape index (κ1) is 23.6. The van der Waals surface area contributed by atoms with Crippen LogP contribution >= 0.6 is 0 Å². The lowest BCUT2D eigenvalue weighted by Gasteiger charge is -2.42. The number of nitrogens with one attached hydrogen (secondary N) is 1. The van der Waals surface area contributed by atoms with Crippen LogP contribution in [0.2, 0.25) is 0 Å². The third kappa shape index (κ3) is 6.48. The molecule has 0 bridgehead atoms. The Morgan fingerprint density at radius 2 is 1.62 bits per heavy atom. The highest BCUT2D eigenvalue weighted by atomic mass is 15.3. The van der Waals surface area contributed by atoms with Gasteiger partial charge in [-0.05, 0) is 76.2 Å². The summed E-state index contributed by atoms with van der Waals surface area (Å²) < 4.78 is 0. The van der Waals surface area contributed by atoms with Crippen LogP contribution in [0.4, 0.5) is 11.8 Å². The summed E-state index contributed by atoms with van der Waals surface area (Å²) in [5.74, 6) is 1.90. The summed E-state index contributed by atoms with van der Waals surface area (Å²) in [5.41, 5.74) is 1.46. The Kier molecular flexibility index (Phi) is 8.30. The lowest BCUT2D eigenvalue weighted by Crippen LogP contribution is -2.51. The Balaban J connectivity index is 1.09. The molecule has 3 saturated heterocycles. The first-order valence-electron chi connectivity index (χ1n) is 13.7. The van der Waals surface area contributed by atoms with E-state index in [1.54, 1.807) is 0 Å². The van der Waals surface area contributed by atoms with Crippen LogP contribution in [0.3, 0.4) is 0 Å². The predicted octanol–water partition coefficient (Wildman–Crippen LogP) is 4.44. The molecule has 1 unspecified atom stereocenters. The lowest BCUT2D eigenvalue weighted by atomic mass is 9.97. The number of rotatable bonds is 7. The first-order valence-corrected chi connectivity index (χ1v) is 13.7. The molecule has 1 atom stereocenters. The highest BCUT2D eigenvalue weighted by Gasteiger charge is 2.29. The van der Waals surface area contributed by atoms with Crippen molar-refractivity contribution in [3.8, 4) is 0 Å². The molecule has 0 radical (unpaired) electrons. The van der Waals surface area contributed by atoms with Crippen molar-refractivity contribution >= 4 is 11.8 Å². The van der Waals surface area contributed by atoms with Crippen LogP contribution in [-0.4, -0.2) is 77.7 Å². The number of hydrogen-bond donors (Lipinski definition) is 1. The van der Waals surface area contributed by atoms with Gasteiger partial charge < -0.3 is 15.1 Å². The van der Waals surface area contributed by atoms with Gasteiger partial charge in [0.2, 0.25) is 5.95 Å². The molecule has 1 aromatic heterocycles. The van der Waals surface area contributed by atoms with Crippen LogP contribution in [-0.2, 0) is 6.42 Å². The smallest absolute Gasteiger partial charge is 0.224 e. The number of aromatic nitrogens is 2. The second-order valence-electron chi connectivity index (χ2n) is 10.4. The van der Waals surface area contributed by atoms with Gasteiger partial charge in [-0.3, -0.25) is 4.90 Å². The largest absolute Gasteiger partial charge is 0.356 e.